The van der Waals surface area contributed by atoms with Crippen LogP contribution in [0.5, 0.6) is 0 Å². The molecule has 0 atom stereocenters. The van der Waals surface area contributed by atoms with E-state index in [9.17, 15) is 13.3 Å². The smallest absolute Gasteiger partial charge is 0.376 e. The van der Waals surface area contributed by atoms with Gasteiger partial charge in [0.05, 0.1) is 13.2 Å². The van der Waals surface area contributed by atoms with Gasteiger partial charge in [-0.25, -0.2) is 0 Å². The first-order valence-corrected chi connectivity index (χ1v) is 9.94. The molecule has 0 fully saturated rings. The van der Waals surface area contributed by atoms with Crippen LogP contribution in [0, 0.1) is 0 Å². The molecule has 0 bridgehead atoms. The lowest BCUT2D eigenvalue weighted by atomic mass is 10.1. The van der Waals surface area contributed by atoms with Crippen LogP contribution in [-0.4, -0.2) is 16.4 Å². The molecule has 136 valence electrons. The van der Waals surface area contributed by atoms with Gasteiger partial charge in [-0.2, -0.15) is 8.78 Å². The summed E-state index contributed by atoms with van der Waals surface area (Å²) in [5.74, 6) is 0. The van der Waals surface area contributed by atoms with Crippen molar-refractivity contribution in [2.24, 2.45) is 0 Å². The van der Waals surface area contributed by atoms with Gasteiger partial charge in [0, 0.05) is 15.1 Å². The normalized spacial score (nSPS) is 12.4. The quantitative estimate of drug-likeness (QED) is 0.451. The fourth-order valence-corrected chi connectivity index (χ4v) is 3.54. The first-order valence-electron chi connectivity index (χ1n) is 7.16. The molecule has 4 nitrogen and oxygen atoms in total. The summed E-state index contributed by atoms with van der Waals surface area (Å²) in [5.41, 5.74) is -3.35. The lowest BCUT2D eigenvalue weighted by Crippen LogP contribution is -2.14. The summed E-state index contributed by atoms with van der Waals surface area (Å²) < 4.78 is 43.9. The summed E-state index contributed by atoms with van der Waals surface area (Å²) in [6, 6.07) is 11.1. The Labute approximate surface area is 157 Å². The van der Waals surface area contributed by atoms with Gasteiger partial charge in [0.25, 0.3) is 0 Å². The van der Waals surface area contributed by atoms with Gasteiger partial charge in [0.1, 0.15) is 0 Å². The van der Waals surface area contributed by atoms with E-state index in [2.05, 4.69) is 15.9 Å². The Morgan fingerprint density at radius 3 is 2.28 bits per heavy atom. The summed E-state index contributed by atoms with van der Waals surface area (Å²) in [4.78, 5) is 17.6. The van der Waals surface area contributed by atoms with Crippen molar-refractivity contribution in [3.8, 4) is 0 Å². The van der Waals surface area contributed by atoms with Crippen LogP contribution in [-0.2, 0) is 28.0 Å². The van der Waals surface area contributed by atoms with Crippen molar-refractivity contribution in [2.75, 3.05) is 6.61 Å². The maximum Gasteiger partial charge on any atom is 0.399 e. The fraction of sp³-hybridized carbons (Fsp3) is 0.250. The monoisotopic (exact) mass is 454 g/mol. The van der Waals surface area contributed by atoms with E-state index in [0.717, 1.165) is 11.6 Å². The van der Waals surface area contributed by atoms with Gasteiger partial charge in [-0.15, -0.1) is 0 Å². The predicted octanol–water partition coefficient (Wildman–Crippen LogP) is 5.09. The zero-order valence-electron chi connectivity index (χ0n) is 12.8. The molecule has 2 rings (SSSR count). The number of hydrogen-bond acceptors (Lipinski definition) is 2. The molecule has 2 N–H and O–H groups in total. The number of alkyl halides is 2. The number of rotatable bonds is 7. The van der Waals surface area contributed by atoms with Crippen LogP contribution in [0.3, 0.4) is 0 Å². The summed E-state index contributed by atoms with van der Waals surface area (Å²) in [6.45, 7) is 0.619. The first-order chi connectivity index (χ1) is 11.6. The van der Waals surface area contributed by atoms with Crippen molar-refractivity contribution in [2.45, 2.75) is 18.7 Å². The van der Waals surface area contributed by atoms with E-state index in [1.54, 1.807) is 12.1 Å². The summed E-state index contributed by atoms with van der Waals surface area (Å²) >= 11 is 8.74. The van der Waals surface area contributed by atoms with Gasteiger partial charge in [-0.3, -0.25) is 4.57 Å². The molecule has 0 aliphatic heterocycles. The van der Waals surface area contributed by atoms with E-state index in [1.807, 2.05) is 12.1 Å². The summed E-state index contributed by atoms with van der Waals surface area (Å²) in [6.07, 6.45) is 0.673. The molecule has 25 heavy (non-hydrogen) atoms. The van der Waals surface area contributed by atoms with E-state index in [0.29, 0.717) is 23.6 Å². The van der Waals surface area contributed by atoms with Crippen molar-refractivity contribution in [1.29, 1.82) is 0 Å². The SMILES string of the molecule is O=P(O)(O)C(F)(F)c1ccc(COCCc2ccc(Cl)cc2)cc1Br. The van der Waals surface area contributed by atoms with E-state index in [4.69, 9.17) is 26.1 Å². The standard InChI is InChI=1S/C16H15BrClF2O4P/c17-15-9-12(3-6-14(15)16(19,20)25(21,22)23)10-24-8-7-11-1-4-13(18)5-2-11/h1-6,9H,7-8,10H2,(H2,21,22,23). The predicted molar refractivity (Wildman–Crippen MR) is 94.9 cm³/mol. The van der Waals surface area contributed by atoms with Crippen LogP contribution < -0.4 is 0 Å². The minimum Gasteiger partial charge on any atom is -0.376 e. The highest BCUT2D eigenvalue weighted by molar-refractivity contribution is 9.10. The van der Waals surface area contributed by atoms with E-state index >= 15 is 0 Å². The zero-order valence-corrected chi connectivity index (χ0v) is 16.1. The molecule has 0 heterocycles. The van der Waals surface area contributed by atoms with Gasteiger partial charge in [0.2, 0.25) is 0 Å². The molecule has 0 aromatic heterocycles. The van der Waals surface area contributed by atoms with Crippen LogP contribution in [0.15, 0.2) is 46.9 Å². The molecule has 0 aliphatic rings. The largest absolute Gasteiger partial charge is 0.399 e. The van der Waals surface area contributed by atoms with Crippen LogP contribution >= 0.6 is 35.1 Å². The highest BCUT2D eigenvalue weighted by Crippen LogP contribution is 2.60. The van der Waals surface area contributed by atoms with Crippen molar-refractivity contribution < 1.29 is 27.9 Å². The maximum atomic E-state index is 13.7. The molecular formula is C16H15BrClF2O4P. The number of hydrogen-bond donors (Lipinski definition) is 2. The van der Waals surface area contributed by atoms with Crippen molar-refractivity contribution in [1.82, 2.24) is 0 Å². The fourth-order valence-electron chi connectivity index (χ4n) is 2.08. The third-order valence-electron chi connectivity index (χ3n) is 3.44. The number of benzene rings is 2. The molecule has 0 aliphatic carbocycles. The second-order valence-electron chi connectivity index (χ2n) is 5.33. The number of ether oxygens (including phenoxy) is 1. The van der Waals surface area contributed by atoms with Gasteiger partial charge >= 0.3 is 13.3 Å². The molecule has 9 heteroatoms. The van der Waals surface area contributed by atoms with E-state index < -0.39 is 18.8 Å². The highest BCUT2D eigenvalue weighted by Gasteiger charge is 2.51. The molecule has 2 aromatic rings. The third-order valence-corrected chi connectivity index (χ3v) is 5.32. The second kappa shape index (κ2) is 8.25. The van der Waals surface area contributed by atoms with Crippen molar-refractivity contribution in [3.63, 3.8) is 0 Å². The average Bonchev–Trinajstić information content (AvgIpc) is 2.52. The molecule has 0 radical (unpaired) electrons. The maximum absolute atomic E-state index is 13.7. The molecule has 0 saturated heterocycles. The lowest BCUT2D eigenvalue weighted by molar-refractivity contribution is 0.0556. The van der Waals surface area contributed by atoms with Crippen LogP contribution in [0.1, 0.15) is 16.7 Å². The Morgan fingerprint density at radius 1 is 1.12 bits per heavy atom. The minimum atomic E-state index is -5.60. The third kappa shape index (κ3) is 5.33. The molecule has 0 saturated carbocycles. The molecule has 2 aromatic carbocycles. The number of halogens is 4. The van der Waals surface area contributed by atoms with Crippen LogP contribution in [0.2, 0.25) is 5.02 Å². The molecule has 0 amide bonds. The second-order valence-corrected chi connectivity index (χ2v) is 8.27. The van der Waals surface area contributed by atoms with Crippen LogP contribution in [0.25, 0.3) is 0 Å². The highest BCUT2D eigenvalue weighted by atomic mass is 79.9. The first kappa shape index (κ1) is 20.5. The lowest BCUT2D eigenvalue weighted by Gasteiger charge is -2.19. The topological polar surface area (TPSA) is 66.8 Å². The van der Waals surface area contributed by atoms with Gasteiger partial charge in [-0.1, -0.05) is 51.8 Å². The van der Waals surface area contributed by atoms with E-state index in [-0.39, 0.29) is 11.1 Å². The Kier molecular flexibility index (Phi) is 6.76. The van der Waals surface area contributed by atoms with Gasteiger partial charge in [0.15, 0.2) is 0 Å². The minimum absolute atomic E-state index is 0.0837. The molecular weight excluding hydrogens is 440 g/mol. The van der Waals surface area contributed by atoms with Crippen molar-refractivity contribution >= 4 is 35.1 Å². The Bertz CT molecular complexity index is 780. The Balaban J connectivity index is 1.94. The average molecular weight is 456 g/mol. The Morgan fingerprint density at radius 2 is 1.72 bits per heavy atom. The van der Waals surface area contributed by atoms with Crippen LogP contribution in [0.4, 0.5) is 8.78 Å². The summed E-state index contributed by atoms with van der Waals surface area (Å²) in [7, 11) is -5.60. The van der Waals surface area contributed by atoms with Gasteiger partial charge < -0.3 is 14.5 Å². The summed E-state index contributed by atoms with van der Waals surface area (Å²) in [5, 5.41) is 0.654. The molecule has 0 unspecified atom stereocenters. The van der Waals surface area contributed by atoms with Crippen molar-refractivity contribution in [3.05, 3.63) is 68.7 Å². The van der Waals surface area contributed by atoms with Gasteiger partial charge in [-0.05, 0) is 35.7 Å². The van der Waals surface area contributed by atoms with E-state index in [1.165, 1.54) is 12.1 Å². The zero-order chi connectivity index (χ0) is 18.7. The Hall–Kier alpha value is -0.820. The molecule has 0 spiro atoms.